The highest BCUT2D eigenvalue weighted by Gasteiger charge is 2.19. The SMILES string of the molecule is CCNC(=NCCCc1ccc(C(C)C)cc1)NC1CCN(CCCOC)CC1.I. The van der Waals surface area contributed by atoms with Gasteiger partial charge in [0.2, 0.25) is 0 Å². The number of halogens is 1. The number of aryl methyl sites for hydroxylation is 1. The molecule has 30 heavy (non-hydrogen) atoms. The van der Waals surface area contributed by atoms with Crippen LogP contribution in [0.25, 0.3) is 0 Å². The summed E-state index contributed by atoms with van der Waals surface area (Å²) in [6.07, 6.45) is 5.65. The van der Waals surface area contributed by atoms with E-state index in [2.05, 4.69) is 60.6 Å². The minimum absolute atomic E-state index is 0. The summed E-state index contributed by atoms with van der Waals surface area (Å²) in [6.45, 7) is 12.7. The molecule has 1 saturated heterocycles. The van der Waals surface area contributed by atoms with Crippen LogP contribution in [-0.4, -0.2) is 63.3 Å². The van der Waals surface area contributed by atoms with Gasteiger partial charge < -0.3 is 20.3 Å². The highest BCUT2D eigenvalue weighted by molar-refractivity contribution is 14.0. The lowest BCUT2D eigenvalue weighted by molar-refractivity contribution is 0.155. The number of guanidine groups is 1. The van der Waals surface area contributed by atoms with E-state index in [4.69, 9.17) is 9.73 Å². The van der Waals surface area contributed by atoms with Crippen LogP contribution in [0.3, 0.4) is 0 Å². The van der Waals surface area contributed by atoms with E-state index in [0.29, 0.717) is 12.0 Å². The molecule has 1 aromatic rings. The second-order valence-electron chi connectivity index (χ2n) is 8.37. The monoisotopic (exact) mass is 530 g/mol. The van der Waals surface area contributed by atoms with Crippen molar-refractivity contribution in [1.29, 1.82) is 0 Å². The molecule has 1 heterocycles. The van der Waals surface area contributed by atoms with Crippen LogP contribution in [0.5, 0.6) is 0 Å². The maximum absolute atomic E-state index is 5.16. The van der Waals surface area contributed by atoms with Gasteiger partial charge in [0.05, 0.1) is 0 Å². The third kappa shape index (κ3) is 10.4. The molecule has 2 N–H and O–H groups in total. The maximum atomic E-state index is 5.16. The first-order chi connectivity index (χ1) is 14.1. The predicted octanol–water partition coefficient (Wildman–Crippen LogP) is 4.42. The lowest BCUT2D eigenvalue weighted by Crippen LogP contribution is -2.48. The summed E-state index contributed by atoms with van der Waals surface area (Å²) in [5.74, 6) is 1.57. The van der Waals surface area contributed by atoms with Gasteiger partial charge in [-0.3, -0.25) is 4.99 Å². The average molecular weight is 531 g/mol. The fourth-order valence-electron chi connectivity index (χ4n) is 3.79. The summed E-state index contributed by atoms with van der Waals surface area (Å²) in [7, 11) is 1.78. The highest BCUT2D eigenvalue weighted by atomic mass is 127. The fourth-order valence-corrected chi connectivity index (χ4v) is 3.79. The van der Waals surface area contributed by atoms with E-state index >= 15 is 0 Å². The quantitative estimate of drug-likeness (QED) is 0.193. The lowest BCUT2D eigenvalue weighted by Gasteiger charge is -2.33. The highest BCUT2D eigenvalue weighted by Crippen LogP contribution is 2.15. The number of rotatable bonds is 11. The summed E-state index contributed by atoms with van der Waals surface area (Å²) in [6, 6.07) is 9.58. The van der Waals surface area contributed by atoms with Crippen LogP contribution in [0.2, 0.25) is 0 Å². The average Bonchev–Trinajstić information content (AvgIpc) is 2.73. The summed E-state index contributed by atoms with van der Waals surface area (Å²) in [5, 5.41) is 7.06. The molecule has 0 aliphatic carbocycles. The molecular formula is C24H43IN4O. The summed E-state index contributed by atoms with van der Waals surface area (Å²) >= 11 is 0. The molecule has 0 amide bonds. The van der Waals surface area contributed by atoms with Crippen LogP contribution >= 0.6 is 24.0 Å². The van der Waals surface area contributed by atoms with Gasteiger partial charge in [-0.25, -0.2) is 0 Å². The van der Waals surface area contributed by atoms with Crippen LogP contribution < -0.4 is 10.6 Å². The molecule has 1 fully saturated rings. The Bertz CT molecular complexity index is 583. The van der Waals surface area contributed by atoms with Crippen molar-refractivity contribution in [3.05, 3.63) is 35.4 Å². The van der Waals surface area contributed by atoms with Crippen molar-refractivity contribution >= 4 is 29.9 Å². The number of piperidine rings is 1. The molecule has 0 aromatic heterocycles. The van der Waals surface area contributed by atoms with Gasteiger partial charge in [-0.05, 0) is 56.1 Å². The van der Waals surface area contributed by atoms with Gasteiger partial charge in [0.1, 0.15) is 0 Å². The Hall–Kier alpha value is -0.860. The number of hydrogen-bond acceptors (Lipinski definition) is 3. The van der Waals surface area contributed by atoms with Gasteiger partial charge in [-0.15, -0.1) is 24.0 Å². The Kier molecular flexibility index (Phi) is 14.4. The van der Waals surface area contributed by atoms with Crippen molar-refractivity contribution in [3.63, 3.8) is 0 Å². The molecule has 1 aliphatic rings. The number of hydrogen-bond donors (Lipinski definition) is 2. The second kappa shape index (κ2) is 15.9. The lowest BCUT2D eigenvalue weighted by atomic mass is 10.0. The number of ether oxygens (including phenoxy) is 1. The van der Waals surface area contributed by atoms with Crippen LogP contribution in [-0.2, 0) is 11.2 Å². The van der Waals surface area contributed by atoms with Crippen LogP contribution in [0, 0.1) is 0 Å². The first-order valence-electron chi connectivity index (χ1n) is 11.5. The van der Waals surface area contributed by atoms with E-state index < -0.39 is 0 Å². The van der Waals surface area contributed by atoms with E-state index in [9.17, 15) is 0 Å². The largest absolute Gasteiger partial charge is 0.385 e. The van der Waals surface area contributed by atoms with Crippen molar-refractivity contribution in [2.75, 3.05) is 46.4 Å². The number of benzene rings is 1. The topological polar surface area (TPSA) is 48.9 Å². The molecule has 0 bridgehead atoms. The zero-order chi connectivity index (χ0) is 20.9. The molecule has 1 aliphatic heterocycles. The van der Waals surface area contributed by atoms with E-state index in [1.807, 2.05) is 0 Å². The molecule has 0 unspecified atom stereocenters. The van der Waals surface area contributed by atoms with Gasteiger partial charge in [0, 0.05) is 52.5 Å². The van der Waals surface area contributed by atoms with Crippen molar-refractivity contribution in [1.82, 2.24) is 15.5 Å². The molecule has 1 aromatic carbocycles. The molecule has 6 heteroatoms. The van der Waals surface area contributed by atoms with Crippen LogP contribution in [0.1, 0.15) is 63.5 Å². The number of nitrogens with one attached hydrogen (secondary N) is 2. The van der Waals surface area contributed by atoms with Gasteiger partial charge in [0.25, 0.3) is 0 Å². The van der Waals surface area contributed by atoms with Gasteiger partial charge >= 0.3 is 0 Å². The Morgan fingerprint density at radius 2 is 1.87 bits per heavy atom. The molecule has 0 saturated carbocycles. The van der Waals surface area contributed by atoms with Gasteiger partial charge in [-0.1, -0.05) is 38.1 Å². The Labute approximate surface area is 201 Å². The van der Waals surface area contributed by atoms with Crippen LogP contribution in [0.15, 0.2) is 29.3 Å². The molecular weight excluding hydrogens is 487 g/mol. The predicted molar refractivity (Wildman–Crippen MR) is 139 cm³/mol. The smallest absolute Gasteiger partial charge is 0.191 e. The summed E-state index contributed by atoms with van der Waals surface area (Å²) in [4.78, 5) is 7.36. The summed E-state index contributed by atoms with van der Waals surface area (Å²) in [5.41, 5.74) is 2.82. The van der Waals surface area contributed by atoms with E-state index in [-0.39, 0.29) is 24.0 Å². The first kappa shape index (κ1) is 27.2. The normalized spacial score (nSPS) is 15.8. The van der Waals surface area contributed by atoms with Gasteiger partial charge in [-0.2, -0.15) is 0 Å². The van der Waals surface area contributed by atoms with Crippen molar-refractivity contribution in [2.24, 2.45) is 4.99 Å². The van der Waals surface area contributed by atoms with Crippen molar-refractivity contribution in [3.8, 4) is 0 Å². The standard InChI is InChI=1S/C24H42N4O.HI/c1-5-25-24(27-23-13-17-28(18-14-23)16-7-19-29-4)26-15-6-8-21-9-11-22(12-10-21)20(2)3;/h9-12,20,23H,5-8,13-19H2,1-4H3,(H2,25,26,27);1H. The third-order valence-electron chi connectivity index (χ3n) is 5.64. The number of aliphatic imine (C=N–C) groups is 1. The Morgan fingerprint density at radius 3 is 2.47 bits per heavy atom. The summed E-state index contributed by atoms with van der Waals surface area (Å²) < 4.78 is 5.16. The zero-order valence-electron chi connectivity index (χ0n) is 19.5. The minimum atomic E-state index is 0. The van der Waals surface area contributed by atoms with E-state index in [1.165, 1.54) is 24.0 Å². The first-order valence-corrected chi connectivity index (χ1v) is 11.5. The second-order valence-corrected chi connectivity index (χ2v) is 8.37. The number of nitrogens with zero attached hydrogens (tertiary/aromatic N) is 2. The molecule has 5 nitrogen and oxygen atoms in total. The van der Waals surface area contributed by atoms with Crippen LogP contribution in [0.4, 0.5) is 0 Å². The number of methoxy groups -OCH3 is 1. The fraction of sp³-hybridized carbons (Fsp3) is 0.708. The maximum Gasteiger partial charge on any atom is 0.191 e. The van der Waals surface area contributed by atoms with Crippen molar-refractivity contribution in [2.45, 2.75) is 64.8 Å². The molecule has 2 rings (SSSR count). The molecule has 0 spiro atoms. The van der Waals surface area contributed by atoms with Crippen molar-refractivity contribution < 1.29 is 4.74 Å². The van der Waals surface area contributed by atoms with E-state index in [0.717, 1.165) is 64.6 Å². The Balaban J connectivity index is 0.00000450. The Morgan fingerprint density at radius 1 is 1.17 bits per heavy atom. The number of likely N-dealkylation sites (tertiary alicyclic amines) is 1. The van der Waals surface area contributed by atoms with Gasteiger partial charge in [0.15, 0.2) is 5.96 Å². The van der Waals surface area contributed by atoms with E-state index in [1.54, 1.807) is 7.11 Å². The third-order valence-corrected chi connectivity index (χ3v) is 5.64. The molecule has 172 valence electrons. The minimum Gasteiger partial charge on any atom is -0.385 e. The zero-order valence-corrected chi connectivity index (χ0v) is 21.8. The molecule has 0 radical (unpaired) electrons. The molecule has 0 atom stereocenters.